The smallest absolute Gasteiger partial charge is 0.260 e. The lowest BCUT2D eigenvalue weighted by Gasteiger charge is -2.15. The molecule has 0 fully saturated rings. The van der Waals surface area contributed by atoms with Gasteiger partial charge in [0.15, 0.2) is 6.10 Å². The summed E-state index contributed by atoms with van der Waals surface area (Å²) in [4.78, 5) is 12.1. The van der Waals surface area contributed by atoms with E-state index in [9.17, 15) is 9.18 Å². The van der Waals surface area contributed by atoms with Crippen LogP contribution in [0.1, 0.15) is 12.5 Å². The highest BCUT2D eigenvalue weighted by Gasteiger charge is 2.15. The van der Waals surface area contributed by atoms with Gasteiger partial charge in [0.1, 0.15) is 17.3 Å². The fourth-order valence-corrected chi connectivity index (χ4v) is 2.53. The standard InChI is InChI=1S/C18H19BrFNO3/c1-12(24-17-8-5-14(20)11-16(17)19)18(22)21-10-9-13-3-6-15(23-2)7-4-13/h3-8,11-12H,9-10H2,1-2H3,(H,21,22). The summed E-state index contributed by atoms with van der Waals surface area (Å²) in [5.74, 6) is 0.634. The number of amides is 1. The van der Waals surface area contributed by atoms with E-state index < -0.39 is 6.10 Å². The minimum absolute atomic E-state index is 0.222. The molecule has 0 aliphatic rings. The predicted molar refractivity (Wildman–Crippen MR) is 93.9 cm³/mol. The molecule has 0 aliphatic carbocycles. The molecule has 6 heteroatoms. The molecular weight excluding hydrogens is 377 g/mol. The number of nitrogens with one attached hydrogen (secondary N) is 1. The third-order valence-electron chi connectivity index (χ3n) is 3.44. The number of benzene rings is 2. The van der Waals surface area contributed by atoms with Crippen LogP contribution in [-0.4, -0.2) is 25.7 Å². The first-order valence-electron chi connectivity index (χ1n) is 7.52. The van der Waals surface area contributed by atoms with Crippen molar-refractivity contribution in [3.8, 4) is 11.5 Å². The van der Waals surface area contributed by atoms with E-state index >= 15 is 0 Å². The second-order valence-corrected chi connectivity index (χ2v) is 6.08. The van der Waals surface area contributed by atoms with Crippen LogP contribution < -0.4 is 14.8 Å². The van der Waals surface area contributed by atoms with Crippen molar-refractivity contribution in [1.29, 1.82) is 0 Å². The van der Waals surface area contributed by atoms with E-state index in [0.717, 1.165) is 11.3 Å². The molecule has 2 aromatic rings. The maximum atomic E-state index is 13.0. The van der Waals surface area contributed by atoms with Gasteiger partial charge in [-0.15, -0.1) is 0 Å². The largest absolute Gasteiger partial charge is 0.497 e. The monoisotopic (exact) mass is 395 g/mol. The van der Waals surface area contributed by atoms with Crippen molar-refractivity contribution in [3.05, 3.63) is 58.3 Å². The Morgan fingerprint density at radius 1 is 1.25 bits per heavy atom. The van der Waals surface area contributed by atoms with Crippen molar-refractivity contribution in [2.75, 3.05) is 13.7 Å². The number of rotatable bonds is 7. The van der Waals surface area contributed by atoms with Gasteiger partial charge in [-0.2, -0.15) is 0 Å². The van der Waals surface area contributed by atoms with Crippen molar-refractivity contribution in [3.63, 3.8) is 0 Å². The predicted octanol–water partition coefficient (Wildman–Crippen LogP) is 3.72. The van der Waals surface area contributed by atoms with Gasteiger partial charge in [-0.25, -0.2) is 4.39 Å². The van der Waals surface area contributed by atoms with Gasteiger partial charge in [-0.1, -0.05) is 12.1 Å². The van der Waals surface area contributed by atoms with Crippen LogP contribution in [0.3, 0.4) is 0 Å². The lowest BCUT2D eigenvalue weighted by atomic mass is 10.1. The Hall–Kier alpha value is -2.08. The zero-order chi connectivity index (χ0) is 17.5. The number of methoxy groups -OCH3 is 1. The van der Waals surface area contributed by atoms with E-state index in [2.05, 4.69) is 21.2 Å². The van der Waals surface area contributed by atoms with Gasteiger partial charge in [-0.3, -0.25) is 4.79 Å². The first kappa shape index (κ1) is 18.3. The highest BCUT2D eigenvalue weighted by molar-refractivity contribution is 9.10. The maximum absolute atomic E-state index is 13.0. The summed E-state index contributed by atoms with van der Waals surface area (Å²) in [5.41, 5.74) is 1.10. The van der Waals surface area contributed by atoms with Crippen molar-refractivity contribution in [1.82, 2.24) is 5.32 Å². The molecule has 1 atom stereocenters. The van der Waals surface area contributed by atoms with E-state index in [1.807, 2.05) is 24.3 Å². The van der Waals surface area contributed by atoms with Crippen molar-refractivity contribution in [2.45, 2.75) is 19.4 Å². The first-order chi connectivity index (χ1) is 11.5. The molecule has 0 saturated heterocycles. The number of hydrogen-bond donors (Lipinski definition) is 1. The van der Waals surface area contributed by atoms with E-state index in [0.29, 0.717) is 23.2 Å². The number of ether oxygens (including phenoxy) is 2. The maximum Gasteiger partial charge on any atom is 0.260 e. The number of carbonyl (C=O) groups excluding carboxylic acids is 1. The minimum Gasteiger partial charge on any atom is -0.497 e. The van der Waals surface area contributed by atoms with Gasteiger partial charge >= 0.3 is 0 Å². The fourth-order valence-electron chi connectivity index (χ4n) is 2.08. The quantitative estimate of drug-likeness (QED) is 0.776. The van der Waals surface area contributed by atoms with Crippen LogP contribution in [0.25, 0.3) is 0 Å². The van der Waals surface area contributed by atoms with Gasteiger partial charge < -0.3 is 14.8 Å². The van der Waals surface area contributed by atoms with Crippen molar-refractivity contribution in [2.24, 2.45) is 0 Å². The fraction of sp³-hybridized carbons (Fsp3) is 0.278. The molecule has 128 valence electrons. The second-order valence-electron chi connectivity index (χ2n) is 5.22. The molecule has 0 aromatic heterocycles. The average Bonchev–Trinajstić information content (AvgIpc) is 2.57. The average molecular weight is 396 g/mol. The third kappa shape index (κ3) is 5.23. The number of hydrogen-bond acceptors (Lipinski definition) is 3. The highest BCUT2D eigenvalue weighted by atomic mass is 79.9. The summed E-state index contributed by atoms with van der Waals surface area (Å²) < 4.78 is 24.2. The molecule has 24 heavy (non-hydrogen) atoms. The van der Waals surface area contributed by atoms with Gasteiger partial charge in [-0.05, 0) is 65.2 Å². The molecule has 1 amide bonds. The summed E-state index contributed by atoms with van der Waals surface area (Å²) >= 11 is 3.21. The Morgan fingerprint density at radius 2 is 1.96 bits per heavy atom. The van der Waals surface area contributed by atoms with Gasteiger partial charge in [0.05, 0.1) is 11.6 Å². The van der Waals surface area contributed by atoms with Crippen LogP contribution in [0.5, 0.6) is 11.5 Å². The van der Waals surface area contributed by atoms with Crippen LogP contribution in [-0.2, 0) is 11.2 Å². The van der Waals surface area contributed by atoms with E-state index in [-0.39, 0.29) is 11.7 Å². The molecule has 2 aromatic carbocycles. The van der Waals surface area contributed by atoms with Crippen LogP contribution in [0.2, 0.25) is 0 Å². The molecule has 0 bridgehead atoms. The van der Waals surface area contributed by atoms with Crippen LogP contribution in [0.15, 0.2) is 46.9 Å². The second kappa shape index (κ2) is 8.68. The molecule has 4 nitrogen and oxygen atoms in total. The molecule has 0 aliphatic heterocycles. The highest BCUT2D eigenvalue weighted by Crippen LogP contribution is 2.26. The number of carbonyl (C=O) groups is 1. The molecule has 0 radical (unpaired) electrons. The SMILES string of the molecule is COc1ccc(CCNC(=O)C(C)Oc2ccc(F)cc2Br)cc1. The van der Waals surface area contributed by atoms with E-state index in [4.69, 9.17) is 9.47 Å². The molecule has 1 unspecified atom stereocenters. The van der Waals surface area contributed by atoms with Gasteiger partial charge in [0.25, 0.3) is 5.91 Å². The van der Waals surface area contributed by atoms with Crippen LogP contribution >= 0.6 is 15.9 Å². The molecule has 0 spiro atoms. The molecular formula is C18H19BrFNO3. The van der Waals surface area contributed by atoms with E-state index in [1.54, 1.807) is 14.0 Å². The number of halogens is 2. The normalized spacial score (nSPS) is 11.7. The molecule has 0 saturated carbocycles. The van der Waals surface area contributed by atoms with Gasteiger partial charge in [0, 0.05) is 6.54 Å². The Labute approximate surface area is 149 Å². The summed E-state index contributed by atoms with van der Waals surface area (Å²) in [7, 11) is 1.62. The first-order valence-corrected chi connectivity index (χ1v) is 8.31. The summed E-state index contributed by atoms with van der Waals surface area (Å²) in [6.45, 7) is 2.15. The summed E-state index contributed by atoms with van der Waals surface area (Å²) in [6.07, 6.45) is 0.0329. The lowest BCUT2D eigenvalue weighted by Crippen LogP contribution is -2.37. The third-order valence-corrected chi connectivity index (χ3v) is 4.06. The zero-order valence-electron chi connectivity index (χ0n) is 13.5. The van der Waals surface area contributed by atoms with Crippen molar-refractivity contribution >= 4 is 21.8 Å². The Bertz CT molecular complexity index is 691. The molecule has 2 rings (SSSR count). The minimum atomic E-state index is -0.678. The summed E-state index contributed by atoms with van der Waals surface area (Å²) in [5, 5.41) is 2.83. The van der Waals surface area contributed by atoms with Crippen LogP contribution in [0, 0.1) is 5.82 Å². The Balaban J connectivity index is 1.80. The summed E-state index contributed by atoms with van der Waals surface area (Å²) in [6, 6.07) is 11.8. The molecule has 0 heterocycles. The lowest BCUT2D eigenvalue weighted by molar-refractivity contribution is -0.127. The van der Waals surface area contributed by atoms with Crippen molar-refractivity contribution < 1.29 is 18.7 Å². The Morgan fingerprint density at radius 3 is 2.58 bits per heavy atom. The van der Waals surface area contributed by atoms with Gasteiger partial charge in [0.2, 0.25) is 0 Å². The zero-order valence-corrected chi connectivity index (χ0v) is 15.1. The Kier molecular flexibility index (Phi) is 6.61. The topological polar surface area (TPSA) is 47.6 Å². The van der Waals surface area contributed by atoms with E-state index in [1.165, 1.54) is 18.2 Å². The van der Waals surface area contributed by atoms with Crippen LogP contribution in [0.4, 0.5) is 4.39 Å². The molecule has 1 N–H and O–H groups in total.